The molecule has 3 aromatic carbocycles. The second kappa shape index (κ2) is 13.5. The number of rotatable bonds is 7. The van der Waals surface area contributed by atoms with Crippen LogP contribution in [-0.4, -0.2) is 34.2 Å². The lowest BCUT2D eigenvalue weighted by atomic mass is 9.78. The third-order valence-corrected chi connectivity index (χ3v) is 8.19. The van der Waals surface area contributed by atoms with E-state index in [1.165, 1.54) is 0 Å². The Balaban J connectivity index is 0.000000854. The maximum Gasteiger partial charge on any atom is 0.416 e. The number of carboxylic acids is 1. The molecule has 8 nitrogen and oxygen atoms in total. The molecule has 2 saturated heterocycles. The van der Waals surface area contributed by atoms with Crippen molar-refractivity contribution in [2.24, 2.45) is 17.5 Å². The van der Waals surface area contributed by atoms with Crippen molar-refractivity contribution in [1.29, 1.82) is 0 Å². The number of nitrogens with zero attached hydrogens (tertiary/aromatic N) is 1. The number of aliphatic carboxylic acids is 1. The van der Waals surface area contributed by atoms with E-state index in [0.717, 1.165) is 11.1 Å². The quantitative estimate of drug-likeness (QED) is 0.112. The number of hydrogen-bond acceptors (Lipinski definition) is 5. The van der Waals surface area contributed by atoms with E-state index in [1.54, 1.807) is 5.43 Å². The number of alkyl halides is 6. The van der Waals surface area contributed by atoms with Crippen LogP contribution in [0.3, 0.4) is 0 Å². The number of halogens is 6. The largest absolute Gasteiger partial charge is 0.481 e. The van der Waals surface area contributed by atoms with E-state index in [0.29, 0.717) is 31.5 Å². The van der Waals surface area contributed by atoms with Gasteiger partial charge in [-0.15, -0.1) is 0 Å². The number of ether oxygens (including phenoxy) is 1. The zero-order valence-corrected chi connectivity index (χ0v) is 23.8. The number of benzene rings is 3. The monoisotopic (exact) mass is 638 g/mol. The number of hydrazine groups is 1. The van der Waals surface area contributed by atoms with Crippen LogP contribution in [-0.2, 0) is 40.6 Å². The van der Waals surface area contributed by atoms with Gasteiger partial charge in [0.25, 0.3) is 0 Å². The van der Waals surface area contributed by atoms with Crippen molar-refractivity contribution >= 4 is 12.0 Å². The molecular formula is C31H32F6N4O4. The molecule has 2 aliphatic rings. The van der Waals surface area contributed by atoms with E-state index in [4.69, 9.17) is 4.74 Å². The van der Waals surface area contributed by atoms with Crippen LogP contribution in [0.5, 0.6) is 0 Å². The molecule has 4 atom stereocenters. The Labute approximate surface area is 254 Å². The minimum absolute atomic E-state index is 0.0934. The van der Waals surface area contributed by atoms with Crippen LogP contribution in [0.4, 0.5) is 31.1 Å². The van der Waals surface area contributed by atoms with Gasteiger partial charge >= 0.3 is 24.4 Å². The zero-order valence-electron chi connectivity index (χ0n) is 23.8. The summed E-state index contributed by atoms with van der Waals surface area (Å²) in [5, 5.41) is 10.1. The van der Waals surface area contributed by atoms with Crippen molar-refractivity contribution in [2.75, 3.05) is 0 Å². The van der Waals surface area contributed by atoms with Crippen LogP contribution in [0, 0.1) is 5.92 Å². The molecule has 0 saturated carbocycles. The third-order valence-electron chi connectivity index (χ3n) is 8.19. The maximum atomic E-state index is 13.4. The highest BCUT2D eigenvalue weighted by Gasteiger charge is 2.61. The van der Waals surface area contributed by atoms with Gasteiger partial charge in [-0.3, -0.25) is 15.1 Å². The van der Waals surface area contributed by atoms with Crippen LogP contribution in [0.1, 0.15) is 47.1 Å². The third kappa shape index (κ3) is 7.57. The first kappa shape index (κ1) is 33.7. The molecule has 2 amide bonds. The standard InChI is InChI=1S/C30H27F6NO3.CH5N3O/c31-29(32,33)22-13-20(14-23(15-22)30(34,35)36)18-40-26-12-11-25-24(27(38)39)16-28(26,21-9-5-2-6-10-21)37(25)17-19-7-3-1-4-8-19;2-1(5)4-3/h1-10,13-15,24-26H,11-12,16-18H2,(H,38,39);3H2,(H3,2,4,5)/t24-,25?,26?,28?;/m0./s1. The van der Waals surface area contributed by atoms with E-state index in [9.17, 15) is 41.0 Å². The van der Waals surface area contributed by atoms with Crippen LogP contribution >= 0.6 is 0 Å². The highest BCUT2D eigenvalue weighted by Crippen LogP contribution is 2.55. The first-order chi connectivity index (χ1) is 21.2. The van der Waals surface area contributed by atoms with Gasteiger partial charge in [-0.25, -0.2) is 10.6 Å². The number of nitrogens with one attached hydrogen (secondary N) is 1. The van der Waals surface area contributed by atoms with Crippen LogP contribution in [0.15, 0.2) is 78.9 Å². The molecule has 2 aliphatic heterocycles. The summed E-state index contributed by atoms with van der Waals surface area (Å²) in [7, 11) is 0. The fourth-order valence-electron chi connectivity index (χ4n) is 6.34. The molecule has 0 radical (unpaired) electrons. The van der Waals surface area contributed by atoms with Crippen LogP contribution in [0.25, 0.3) is 0 Å². The van der Waals surface area contributed by atoms with Gasteiger partial charge in [-0.2, -0.15) is 26.3 Å². The smallest absolute Gasteiger partial charge is 0.416 e. The number of carboxylic acid groups (broad SMARTS) is 1. The lowest BCUT2D eigenvalue weighted by Gasteiger charge is -2.50. The van der Waals surface area contributed by atoms with Gasteiger partial charge in [0.15, 0.2) is 0 Å². The van der Waals surface area contributed by atoms with Crippen molar-refractivity contribution in [2.45, 2.75) is 62.5 Å². The minimum atomic E-state index is -4.97. The molecule has 0 aromatic heterocycles. The molecule has 2 bridgehead atoms. The molecule has 5 rings (SSSR count). The number of fused-ring (bicyclic) bond motifs is 2. The van der Waals surface area contributed by atoms with Crippen LogP contribution in [0.2, 0.25) is 0 Å². The summed E-state index contributed by atoms with van der Waals surface area (Å²) in [6.45, 7) is -0.0837. The van der Waals surface area contributed by atoms with Crippen molar-refractivity contribution in [3.63, 3.8) is 0 Å². The Morgan fingerprint density at radius 3 is 1.91 bits per heavy atom. The zero-order chi connectivity index (χ0) is 33.0. The minimum Gasteiger partial charge on any atom is -0.481 e. The van der Waals surface area contributed by atoms with E-state index in [2.05, 4.69) is 16.5 Å². The molecule has 14 heteroatoms. The Morgan fingerprint density at radius 2 is 1.42 bits per heavy atom. The van der Waals surface area contributed by atoms with Gasteiger partial charge < -0.3 is 15.6 Å². The number of piperidine rings is 1. The lowest BCUT2D eigenvalue weighted by Crippen LogP contribution is -2.56. The van der Waals surface area contributed by atoms with Gasteiger partial charge in [-0.1, -0.05) is 60.7 Å². The molecule has 6 N–H and O–H groups in total. The maximum absolute atomic E-state index is 13.4. The second-order valence-electron chi connectivity index (χ2n) is 10.9. The van der Waals surface area contributed by atoms with Crippen molar-refractivity contribution in [3.05, 3.63) is 107 Å². The average Bonchev–Trinajstić information content (AvgIpc) is 3.21. The fraction of sp³-hybridized carbons (Fsp3) is 0.355. The highest BCUT2D eigenvalue weighted by molar-refractivity contribution is 5.72. The second-order valence-corrected chi connectivity index (χ2v) is 10.9. The molecule has 242 valence electrons. The molecule has 45 heavy (non-hydrogen) atoms. The predicted molar refractivity (Wildman–Crippen MR) is 151 cm³/mol. The number of urea groups is 1. The predicted octanol–water partition coefficient (Wildman–Crippen LogP) is 5.80. The Hall–Kier alpha value is -4.14. The number of carbonyl (C=O) groups excluding carboxylic acids is 1. The van der Waals surface area contributed by atoms with Gasteiger partial charge in [0.2, 0.25) is 0 Å². The fourth-order valence-corrected chi connectivity index (χ4v) is 6.34. The summed E-state index contributed by atoms with van der Waals surface area (Å²) in [6.07, 6.45) is -9.55. The molecule has 0 spiro atoms. The summed E-state index contributed by atoms with van der Waals surface area (Å²) in [6, 6.07) is 19.1. The molecule has 2 heterocycles. The summed E-state index contributed by atoms with van der Waals surface area (Å²) in [5.41, 5.74) is 3.82. The topological polar surface area (TPSA) is 131 Å². The van der Waals surface area contributed by atoms with Gasteiger partial charge in [0.05, 0.1) is 35.3 Å². The summed E-state index contributed by atoms with van der Waals surface area (Å²) >= 11 is 0. The van der Waals surface area contributed by atoms with E-state index in [1.807, 2.05) is 60.7 Å². The van der Waals surface area contributed by atoms with Crippen LogP contribution < -0.4 is 17.0 Å². The van der Waals surface area contributed by atoms with Gasteiger partial charge in [-0.05, 0) is 54.2 Å². The van der Waals surface area contributed by atoms with Crippen molar-refractivity contribution < 1.29 is 45.8 Å². The van der Waals surface area contributed by atoms with E-state index < -0.39 is 59.6 Å². The summed E-state index contributed by atoms with van der Waals surface area (Å²) in [5.74, 6) is 2.78. The number of primary amides is 1. The van der Waals surface area contributed by atoms with Gasteiger partial charge in [0, 0.05) is 12.6 Å². The number of amides is 2. The Kier molecular flexibility index (Phi) is 10.1. The highest BCUT2D eigenvalue weighted by atomic mass is 19.4. The number of nitrogens with two attached hydrogens (primary N) is 2. The molecular weight excluding hydrogens is 606 g/mol. The first-order valence-electron chi connectivity index (χ1n) is 13.9. The van der Waals surface area contributed by atoms with Crippen molar-refractivity contribution in [1.82, 2.24) is 10.3 Å². The lowest BCUT2D eigenvalue weighted by molar-refractivity contribution is -0.144. The summed E-state index contributed by atoms with van der Waals surface area (Å²) in [4.78, 5) is 23.8. The van der Waals surface area contributed by atoms with E-state index in [-0.39, 0.29) is 24.1 Å². The van der Waals surface area contributed by atoms with E-state index >= 15 is 0 Å². The average molecular weight is 639 g/mol. The first-order valence-corrected chi connectivity index (χ1v) is 13.9. The molecule has 2 fully saturated rings. The SMILES string of the molecule is NNC(N)=O.O=C(O)[C@H]1CC2(c3ccccc3)C(OCc3cc(C(F)(F)F)cc(C(F)(F)F)c3)CCC1N2Cc1ccccc1. The number of carbonyl (C=O) groups is 2. The molecule has 3 aromatic rings. The molecule has 0 aliphatic carbocycles. The normalized spacial score (nSPS) is 23.1. The molecule has 3 unspecified atom stereocenters. The Bertz CT molecular complexity index is 1440. The van der Waals surface area contributed by atoms with Crippen molar-refractivity contribution in [3.8, 4) is 0 Å². The van der Waals surface area contributed by atoms with Gasteiger partial charge in [0.1, 0.15) is 0 Å². The Morgan fingerprint density at radius 1 is 0.889 bits per heavy atom. The summed E-state index contributed by atoms with van der Waals surface area (Å²) < 4.78 is 86.9. The number of hydrogen-bond donors (Lipinski definition) is 4.